The Morgan fingerprint density at radius 3 is 2.65 bits per heavy atom. The summed E-state index contributed by atoms with van der Waals surface area (Å²) in [7, 11) is 0. The van der Waals surface area contributed by atoms with Crippen LogP contribution in [0, 0.1) is 6.92 Å². The smallest absolute Gasteiger partial charge is 0.266 e. The fourth-order valence-corrected chi connectivity index (χ4v) is 2.31. The van der Waals surface area contributed by atoms with E-state index in [0.717, 1.165) is 16.8 Å². The molecule has 0 aliphatic carbocycles. The fraction of sp³-hybridized carbons (Fsp3) is 0.278. The molecule has 0 spiro atoms. The van der Waals surface area contributed by atoms with Gasteiger partial charge >= 0.3 is 0 Å². The summed E-state index contributed by atoms with van der Waals surface area (Å²) in [6.07, 6.45) is 1.10. The van der Waals surface area contributed by atoms with Crippen molar-refractivity contribution in [3.8, 4) is 11.4 Å². The number of hydrogen-bond donors (Lipinski definition) is 0. The van der Waals surface area contributed by atoms with Crippen LogP contribution in [0.1, 0.15) is 31.4 Å². The molecule has 0 N–H and O–H groups in total. The van der Waals surface area contributed by atoms with Crippen LogP contribution in [0.15, 0.2) is 57.1 Å². The first-order valence-electron chi connectivity index (χ1n) is 8.13. The first kappa shape index (κ1) is 17.5. The lowest BCUT2D eigenvalue weighted by Gasteiger charge is -2.16. The maximum atomic E-state index is 11.9. The Morgan fingerprint density at radius 2 is 2.04 bits per heavy atom. The maximum Gasteiger partial charge on any atom is 0.266 e. The number of nitrogens with zero attached hydrogens (tertiary/aromatic N) is 5. The van der Waals surface area contributed by atoms with Crippen molar-refractivity contribution in [1.82, 2.24) is 19.9 Å². The molecule has 2 aromatic heterocycles. The summed E-state index contributed by atoms with van der Waals surface area (Å²) in [6, 6.07) is 10.6. The minimum atomic E-state index is -0.460. The molecule has 0 saturated carbocycles. The predicted molar refractivity (Wildman–Crippen MR) is 95.6 cm³/mol. The Bertz CT molecular complexity index is 955. The van der Waals surface area contributed by atoms with Gasteiger partial charge in [0.15, 0.2) is 6.10 Å². The fourth-order valence-electron chi connectivity index (χ4n) is 2.31. The second kappa shape index (κ2) is 7.73. The lowest BCUT2D eigenvalue weighted by atomic mass is 10.1. The van der Waals surface area contributed by atoms with E-state index >= 15 is 0 Å². The standard InChI is InChI=1S/C18H19N5O3/c1-12(2)21-26-16(11-23-17(24)5-4-10-19-23)14-6-8-15(9-7-14)18-20-13(3)25-22-18/h4-10,16H,11H2,1-3H3. The molecular weight excluding hydrogens is 334 g/mol. The van der Waals surface area contributed by atoms with Gasteiger partial charge in [-0.1, -0.05) is 34.6 Å². The average molecular weight is 353 g/mol. The van der Waals surface area contributed by atoms with Crippen molar-refractivity contribution in [2.75, 3.05) is 0 Å². The van der Waals surface area contributed by atoms with E-state index in [1.165, 1.54) is 10.7 Å². The third kappa shape index (κ3) is 4.21. The highest BCUT2D eigenvalue weighted by Gasteiger charge is 2.16. The molecule has 0 amide bonds. The second-order valence-electron chi connectivity index (χ2n) is 5.94. The quantitative estimate of drug-likeness (QED) is 0.499. The molecule has 0 fully saturated rings. The van der Waals surface area contributed by atoms with E-state index in [4.69, 9.17) is 9.36 Å². The van der Waals surface area contributed by atoms with Gasteiger partial charge in [0.25, 0.3) is 5.56 Å². The lowest BCUT2D eigenvalue weighted by molar-refractivity contribution is 0.0418. The zero-order valence-electron chi connectivity index (χ0n) is 14.8. The van der Waals surface area contributed by atoms with Crippen molar-refractivity contribution in [2.45, 2.75) is 33.4 Å². The molecule has 0 aliphatic rings. The van der Waals surface area contributed by atoms with Gasteiger partial charge in [-0.2, -0.15) is 10.1 Å². The summed E-state index contributed by atoms with van der Waals surface area (Å²) in [4.78, 5) is 21.8. The number of benzene rings is 1. The van der Waals surface area contributed by atoms with E-state index in [0.29, 0.717) is 11.7 Å². The Morgan fingerprint density at radius 1 is 1.27 bits per heavy atom. The predicted octanol–water partition coefficient (Wildman–Crippen LogP) is 2.76. The van der Waals surface area contributed by atoms with Crippen molar-refractivity contribution in [1.29, 1.82) is 0 Å². The van der Waals surface area contributed by atoms with Gasteiger partial charge in [0.05, 0.1) is 12.3 Å². The zero-order chi connectivity index (χ0) is 18.5. The summed E-state index contributed by atoms with van der Waals surface area (Å²) in [6.45, 7) is 5.67. The molecule has 0 saturated heterocycles. The van der Waals surface area contributed by atoms with Gasteiger partial charge in [0, 0.05) is 24.8 Å². The molecule has 134 valence electrons. The Labute approximate surface area is 150 Å². The molecule has 26 heavy (non-hydrogen) atoms. The summed E-state index contributed by atoms with van der Waals surface area (Å²) >= 11 is 0. The van der Waals surface area contributed by atoms with Gasteiger partial charge in [-0.05, 0) is 25.5 Å². The van der Waals surface area contributed by atoms with Crippen molar-refractivity contribution in [3.05, 3.63) is 64.4 Å². The molecule has 1 aromatic carbocycles. The number of hydrogen-bond acceptors (Lipinski definition) is 7. The summed E-state index contributed by atoms with van der Waals surface area (Å²) in [5, 5.41) is 12.0. The SMILES string of the molecule is CC(C)=NOC(Cn1ncccc1=O)c1ccc(-c2noc(C)n2)cc1. The van der Waals surface area contributed by atoms with Gasteiger partial charge < -0.3 is 9.36 Å². The van der Waals surface area contributed by atoms with Crippen LogP contribution in [-0.2, 0) is 11.4 Å². The molecule has 3 aromatic rings. The number of oxime groups is 1. The molecule has 0 bridgehead atoms. The van der Waals surface area contributed by atoms with Gasteiger partial charge in [0.1, 0.15) is 0 Å². The van der Waals surface area contributed by atoms with Crippen LogP contribution in [-0.4, -0.2) is 25.6 Å². The zero-order valence-corrected chi connectivity index (χ0v) is 14.8. The summed E-state index contributed by atoms with van der Waals surface area (Å²) in [5.74, 6) is 1.03. The Kier molecular flexibility index (Phi) is 5.21. The van der Waals surface area contributed by atoms with Crippen molar-refractivity contribution >= 4 is 5.71 Å². The van der Waals surface area contributed by atoms with E-state index in [-0.39, 0.29) is 12.1 Å². The molecule has 0 radical (unpaired) electrons. The van der Waals surface area contributed by atoms with Crippen molar-refractivity contribution in [3.63, 3.8) is 0 Å². The van der Waals surface area contributed by atoms with E-state index in [1.807, 2.05) is 38.1 Å². The molecule has 2 heterocycles. The molecule has 1 unspecified atom stereocenters. The minimum Gasteiger partial charge on any atom is -0.386 e. The van der Waals surface area contributed by atoms with Crippen LogP contribution in [0.5, 0.6) is 0 Å². The Hall–Kier alpha value is -3.29. The van der Waals surface area contributed by atoms with Gasteiger partial charge in [-0.25, -0.2) is 4.68 Å². The number of rotatable bonds is 6. The van der Waals surface area contributed by atoms with Crippen LogP contribution in [0.25, 0.3) is 11.4 Å². The topological polar surface area (TPSA) is 95.4 Å². The van der Waals surface area contributed by atoms with Gasteiger partial charge in [0.2, 0.25) is 11.7 Å². The molecule has 1 atom stereocenters. The highest BCUT2D eigenvalue weighted by atomic mass is 16.6. The number of aryl methyl sites for hydroxylation is 1. The summed E-state index contributed by atoms with van der Waals surface area (Å²) in [5.41, 5.74) is 2.27. The molecular formula is C18H19N5O3. The molecule has 8 nitrogen and oxygen atoms in total. The van der Waals surface area contributed by atoms with E-state index in [1.54, 1.807) is 19.2 Å². The first-order chi connectivity index (χ1) is 12.5. The number of aromatic nitrogens is 4. The molecule has 8 heteroatoms. The van der Waals surface area contributed by atoms with E-state index < -0.39 is 6.10 Å². The van der Waals surface area contributed by atoms with Gasteiger partial charge in [-0.15, -0.1) is 0 Å². The second-order valence-corrected chi connectivity index (χ2v) is 5.94. The third-order valence-electron chi connectivity index (χ3n) is 3.55. The van der Waals surface area contributed by atoms with Crippen LogP contribution < -0.4 is 5.56 Å². The maximum absolute atomic E-state index is 11.9. The first-order valence-corrected chi connectivity index (χ1v) is 8.13. The lowest BCUT2D eigenvalue weighted by Crippen LogP contribution is -2.25. The van der Waals surface area contributed by atoms with Crippen molar-refractivity contribution < 1.29 is 9.36 Å². The third-order valence-corrected chi connectivity index (χ3v) is 3.55. The highest BCUT2D eigenvalue weighted by molar-refractivity contribution is 5.78. The summed E-state index contributed by atoms with van der Waals surface area (Å²) < 4.78 is 6.35. The van der Waals surface area contributed by atoms with E-state index in [9.17, 15) is 4.79 Å². The van der Waals surface area contributed by atoms with E-state index in [2.05, 4.69) is 20.4 Å². The van der Waals surface area contributed by atoms with Crippen molar-refractivity contribution in [2.24, 2.45) is 5.16 Å². The Balaban J connectivity index is 1.87. The van der Waals surface area contributed by atoms with Crippen LogP contribution in [0.4, 0.5) is 0 Å². The van der Waals surface area contributed by atoms with Gasteiger partial charge in [-0.3, -0.25) is 4.79 Å². The minimum absolute atomic E-state index is 0.197. The van der Waals surface area contributed by atoms with Crippen LogP contribution in [0.2, 0.25) is 0 Å². The highest BCUT2D eigenvalue weighted by Crippen LogP contribution is 2.23. The normalized spacial score (nSPS) is 11.8. The van der Waals surface area contributed by atoms with Crippen LogP contribution in [0.3, 0.4) is 0 Å². The average Bonchev–Trinajstić information content (AvgIpc) is 3.06. The molecule has 3 rings (SSSR count). The van der Waals surface area contributed by atoms with Crippen LogP contribution >= 0.6 is 0 Å². The largest absolute Gasteiger partial charge is 0.386 e. The molecule has 0 aliphatic heterocycles. The monoisotopic (exact) mass is 353 g/mol.